The van der Waals surface area contributed by atoms with Crippen molar-refractivity contribution in [3.8, 4) is 5.69 Å². The van der Waals surface area contributed by atoms with Crippen molar-refractivity contribution in [3.05, 3.63) is 51.9 Å². The maximum absolute atomic E-state index is 12.4. The van der Waals surface area contributed by atoms with Gasteiger partial charge >= 0.3 is 0 Å². The number of para-hydroxylation sites is 1. The summed E-state index contributed by atoms with van der Waals surface area (Å²) in [5.41, 5.74) is 0.636. The third-order valence-corrected chi connectivity index (χ3v) is 3.54. The molecule has 0 unspecified atom stereocenters. The molecule has 1 amide bonds. The lowest BCUT2D eigenvalue weighted by Gasteiger charge is -2.21. The normalized spacial score (nSPS) is 10.4. The lowest BCUT2D eigenvalue weighted by Crippen LogP contribution is -2.35. The van der Waals surface area contributed by atoms with E-state index in [1.165, 1.54) is 15.8 Å². The SMILES string of the molecule is CN(C)C(=O)CN(C)c1cnn(-c2ccccc2)c(=O)c1Cl. The summed E-state index contributed by atoms with van der Waals surface area (Å²) in [5.74, 6) is -0.0918. The molecule has 22 heavy (non-hydrogen) atoms. The first kappa shape index (κ1) is 16.0. The summed E-state index contributed by atoms with van der Waals surface area (Å²) in [6, 6.07) is 9.01. The van der Waals surface area contributed by atoms with E-state index in [1.54, 1.807) is 38.2 Å². The molecular weight excluding hydrogens is 304 g/mol. The average molecular weight is 321 g/mol. The van der Waals surface area contributed by atoms with Crippen LogP contribution in [0.1, 0.15) is 0 Å². The van der Waals surface area contributed by atoms with Crippen molar-refractivity contribution in [2.45, 2.75) is 0 Å². The van der Waals surface area contributed by atoms with Crippen molar-refractivity contribution in [2.24, 2.45) is 0 Å². The van der Waals surface area contributed by atoms with E-state index >= 15 is 0 Å². The zero-order valence-corrected chi connectivity index (χ0v) is 13.4. The third-order valence-electron chi connectivity index (χ3n) is 3.18. The molecule has 0 aliphatic heterocycles. The fraction of sp³-hybridized carbons (Fsp3) is 0.267. The largest absolute Gasteiger partial charge is 0.363 e. The van der Waals surface area contributed by atoms with Gasteiger partial charge in [-0.3, -0.25) is 9.59 Å². The van der Waals surface area contributed by atoms with Gasteiger partial charge in [-0.05, 0) is 12.1 Å². The lowest BCUT2D eigenvalue weighted by molar-refractivity contribution is -0.127. The molecule has 0 N–H and O–H groups in total. The van der Waals surface area contributed by atoms with Crippen molar-refractivity contribution in [1.82, 2.24) is 14.7 Å². The van der Waals surface area contributed by atoms with Crippen molar-refractivity contribution < 1.29 is 4.79 Å². The van der Waals surface area contributed by atoms with Crippen molar-refractivity contribution in [1.29, 1.82) is 0 Å². The summed E-state index contributed by atoms with van der Waals surface area (Å²) in [4.78, 5) is 27.2. The fourth-order valence-electron chi connectivity index (χ4n) is 1.87. The summed E-state index contributed by atoms with van der Waals surface area (Å²) in [6.45, 7) is 0.114. The van der Waals surface area contributed by atoms with Crippen LogP contribution in [-0.2, 0) is 4.79 Å². The Morgan fingerprint density at radius 2 is 1.86 bits per heavy atom. The molecule has 0 atom stereocenters. The van der Waals surface area contributed by atoms with Gasteiger partial charge in [-0.1, -0.05) is 29.8 Å². The van der Waals surface area contributed by atoms with Gasteiger partial charge < -0.3 is 9.80 Å². The fourth-order valence-corrected chi connectivity index (χ4v) is 2.15. The number of carbonyl (C=O) groups is 1. The summed E-state index contributed by atoms with van der Waals surface area (Å²) >= 11 is 6.17. The van der Waals surface area contributed by atoms with Gasteiger partial charge in [0.2, 0.25) is 5.91 Å². The van der Waals surface area contributed by atoms with Crippen LogP contribution in [0.15, 0.2) is 41.3 Å². The maximum atomic E-state index is 12.4. The second kappa shape index (κ2) is 6.62. The molecular formula is C15H17ClN4O2. The molecule has 0 saturated carbocycles. The number of nitrogens with zero attached hydrogens (tertiary/aromatic N) is 4. The number of carbonyl (C=O) groups excluding carboxylic acids is 1. The Morgan fingerprint density at radius 3 is 2.45 bits per heavy atom. The molecule has 0 radical (unpaired) electrons. The highest BCUT2D eigenvalue weighted by atomic mass is 35.5. The van der Waals surface area contributed by atoms with Crippen LogP contribution in [0, 0.1) is 0 Å². The van der Waals surface area contributed by atoms with E-state index in [2.05, 4.69) is 5.10 Å². The summed E-state index contributed by atoms with van der Waals surface area (Å²) in [6.07, 6.45) is 1.49. The number of halogens is 1. The molecule has 0 bridgehead atoms. The molecule has 0 spiro atoms. The van der Waals surface area contributed by atoms with Crippen LogP contribution in [0.4, 0.5) is 5.69 Å². The summed E-state index contributed by atoms with van der Waals surface area (Å²) < 4.78 is 1.23. The smallest absolute Gasteiger partial charge is 0.292 e. The van der Waals surface area contributed by atoms with Crippen LogP contribution in [0.5, 0.6) is 0 Å². The standard InChI is InChI=1S/C15H17ClN4O2/c1-18(2)13(21)10-19(3)12-9-17-20(15(22)14(12)16)11-7-5-4-6-8-11/h4-9H,10H2,1-3H3. The first-order valence-electron chi connectivity index (χ1n) is 6.66. The lowest BCUT2D eigenvalue weighted by atomic mass is 10.3. The molecule has 1 aromatic heterocycles. The Hall–Kier alpha value is -2.34. The molecule has 0 aliphatic carbocycles. The molecule has 2 rings (SSSR count). The van der Waals surface area contributed by atoms with Crippen LogP contribution in [-0.4, -0.2) is 48.3 Å². The topological polar surface area (TPSA) is 58.4 Å². The molecule has 1 heterocycles. The van der Waals surface area contributed by atoms with E-state index in [1.807, 2.05) is 18.2 Å². The molecule has 0 aliphatic rings. The molecule has 0 saturated heterocycles. The number of hydrogen-bond donors (Lipinski definition) is 0. The quantitative estimate of drug-likeness (QED) is 0.854. The second-order valence-electron chi connectivity index (χ2n) is 5.04. The Bertz CT molecular complexity index is 728. The van der Waals surface area contributed by atoms with E-state index in [4.69, 9.17) is 11.6 Å². The monoisotopic (exact) mass is 320 g/mol. The molecule has 1 aromatic carbocycles. The second-order valence-corrected chi connectivity index (χ2v) is 5.42. The van der Waals surface area contributed by atoms with E-state index in [0.29, 0.717) is 11.4 Å². The van der Waals surface area contributed by atoms with Crippen LogP contribution < -0.4 is 10.5 Å². The third kappa shape index (κ3) is 3.28. The average Bonchev–Trinajstić information content (AvgIpc) is 2.50. The zero-order chi connectivity index (χ0) is 16.3. The predicted octanol–water partition coefficient (Wildman–Crippen LogP) is 1.41. The predicted molar refractivity (Wildman–Crippen MR) is 86.8 cm³/mol. The number of rotatable bonds is 4. The van der Waals surface area contributed by atoms with Gasteiger partial charge in [-0.25, -0.2) is 0 Å². The maximum Gasteiger partial charge on any atom is 0.292 e. The van der Waals surface area contributed by atoms with Crippen molar-refractivity contribution in [2.75, 3.05) is 32.6 Å². The van der Waals surface area contributed by atoms with Crippen molar-refractivity contribution in [3.63, 3.8) is 0 Å². The number of hydrogen-bond acceptors (Lipinski definition) is 4. The Labute approximate surface area is 133 Å². The van der Waals surface area contributed by atoms with E-state index in [0.717, 1.165) is 0 Å². The van der Waals surface area contributed by atoms with E-state index in [9.17, 15) is 9.59 Å². The zero-order valence-electron chi connectivity index (χ0n) is 12.7. The first-order valence-corrected chi connectivity index (χ1v) is 7.04. The Kier molecular flexibility index (Phi) is 4.82. The highest BCUT2D eigenvalue weighted by molar-refractivity contribution is 6.33. The number of amides is 1. The highest BCUT2D eigenvalue weighted by Gasteiger charge is 2.16. The molecule has 6 nitrogen and oxygen atoms in total. The first-order chi connectivity index (χ1) is 10.4. The van der Waals surface area contributed by atoms with Crippen LogP contribution in [0.25, 0.3) is 5.69 Å². The molecule has 0 fully saturated rings. The molecule has 7 heteroatoms. The van der Waals surface area contributed by atoms with Crippen LogP contribution in [0.2, 0.25) is 5.02 Å². The van der Waals surface area contributed by atoms with Gasteiger partial charge in [0, 0.05) is 21.1 Å². The van der Waals surface area contributed by atoms with Gasteiger partial charge in [-0.2, -0.15) is 9.78 Å². The van der Waals surface area contributed by atoms with Crippen LogP contribution >= 0.6 is 11.6 Å². The summed E-state index contributed by atoms with van der Waals surface area (Å²) in [5, 5.41) is 4.17. The minimum Gasteiger partial charge on any atom is -0.363 e. The van der Waals surface area contributed by atoms with E-state index in [-0.39, 0.29) is 17.5 Å². The molecule has 116 valence electrons. The van der Waals surface area contributed by atoms with Crippen LogP contribution in [0.3, 0.4) is 0 Å². The molecule has 2 aromatic rings. The van der Waals surface area contributed by atoms with Gasteiger partial charge in [-0.15, -0.1) is 0 Å². The summed E-state index contributed by atoms with van der Waals surface area (Å²) in [7, 11) is 5.03. The van der Waals surface area contributed by atoms with Gasteiger partial charge in [0.05, 0.1) is 24.1 Å². The Morgan fingerprint density at radius 1 is 1.23 bits per heavy atom. The Balaban J connectivity index is 2.35. The number of likely N-dealkylation sites (N-methyl/N-ethyl adjacent to an activating group) is 2. The number of benzene rings is 1. The van der Waals surface area contributed by atoms with E-state index < -0.39 is 5.56 Å². The number of anilines is 1. The van der Waals surface area contributed by atoms with Gasteiger partial charge in [0.25, 0.3) is 5.56 Å². The van der Waals surface area contributed by atoms with Gasteiger partial charge in [0.1, 0.15) is 5.02 Å². The van der Waals surface area contributed by atoms with Crippen molar-refractivity contribution >= 4 is 23.2 Å². The highest BCUT2D eigenvalue weighted by Crippen LogP contribution is 2.20. The minimum atomic E-state index is -0.422. The number of aromatic nitrogens is 2. The minimum absolute atomic E-state index is 0.0351. The van der Waals surface area contributed by atoms with Gasteiger partial charge in [0.15, 0.2) is 0 Å².